The molecule has 0 spiro atoms. The van der Waals surface area contributed by atoms with E-state index < -0.39 is 5.60 Å². The largest absolute Gasteiger partial charge is 0.389 e. The molecule has 0 aromatic carbocycles. The number of amides is 1. The Bertz CT molecular complexity index is 326. The Hall–Kier alpha value is -0.610. The van der Waals surface area contributed by atoms with Crippen molar-refractivity contribution >= 4 is 5.91 Å². The summed E-state index contributed by atoms with van der Waals surface area (Å²) >= 11 is 0. The highest BCUT2D eigenvalue weighted by atomic mass is 16.3. The van der Waals surface area contributed by atoms with E-state index in [9.17, 15) is 9.90 Å². The molecule has 0 aromatic heterocycles. The molecule has 1 aliphatic carbocycles. The minimum Gasteiger partial charge on any atom is -0.389 e. The smallest absolute Gasteiger partial charge is 0.223 e. The number of hydrogen-bond donors (Lipinski definition) is 2. The lowest BCUT2D eigenvalue weighted by Gasteiger charge is -2.33. The second-order valence-electron chi connectivity index (χ2n) is 7.08. The predicted octanol–water partition coefficient (Wildman–Crippen LogP) is 1.92. The van der Waals surface area contributed by atoms with Crippen LogP contribution in [0.15, 0.2) is 0 Å². The van der Waals surface area contributed by atoms with Gasteiger partial charge in [0.05, 0.1) is 12.0 Å². The maximum atomic E-state index is 12.0. The molecular weight excluding hydrogens is 252 g/mol. The molecule has 4 nitrogen and oxygen atoms in total. The molecule has 1 amide bonds. The molecule has 0 aromatic rings. The third-order valence-electron chi connectivity index (χ3n) is 4.70. The van der Waals surface area contributed by atoms with Gasteiger partial charge in [-0.1, -0.05) is 19.8 Å². The summed E-state index contributed by atoms with van der Waals surface area (Å²) in [4.78, 5) is 14.5. The van der Waals surface area contributed by atoms with Gasteiger partial charge in [-0.25, -0.2) is 0 Å². The number of nitrogens with zero attached hydrogens (tertiary/aromatic N) is 1. The van der Waals surface area contributed by atoms with E-state index in [-0.39, 0.29) is 18.4 Å². The standard InChI is InChI=1S/C16H30N2O2/c1-13-6-5-9-18(11-13)12-14(2)17-15(19)10-16(20)7-3-4-8-16/h13-14,20H,3-12H2,1-2H3,(H,17,19). The molecule has 1 heterocycles. The fraction of sp³-hybridized carbons (Fsp3) is 0.938. The second kappa shape index (κ2) is 6.90. The lowest BCUT2D eigenvalue weighted by molar-refractivity contribution is -0.126. The first-order valence-corrected chi connectivity index (χ1v) is 8.21. The molecule has 0 radical (unpaired) electrons. The van der Waals surface area contributed by atoms with Gasteiger partial charge in [-0.15, -0.1) is 0 Å². The Morgan fingerprint density at radius 3 is 2.75 bits per heavy atom. The van der Waals surface area contributed by atoms with Crippen molar-refractivity contribution in [1.82, 2.24) is 10.2 Å². The van der Waals surface area contributed by atoms with Crippen LogP contribution in [0.5, 0.6) is 0 Å². The molecule has 2 rings (SSSR count). The molecule has 2 atom stereocenters. The van der Waals surface area contributed by atoms with Crippen molar-refractivity contribution in [2.45, 2.75) is 70.4 Å². The van der Waals surface area contributed by atoms with E-state index in [1.165, 1.54) is 12.8 Å². The van der Waals surface area contributed by atoms with E-state index in [0.717, 1.165) is 51.2 Å². The molecule has 116 valence electrons. The van der Waals surface area contributed by atoms with Gasteiger partial charge in [0.2, 0.25) is 5.91 Å². The summed E-state index contributed by atoms with van der Waals surface area (Å²) in [6.07, 6.45) is 6.51. The molecule has 20 heavy (non-hydrogen) atoms. The summed E-state index contributed by atoms with van der Waals surface area (Å²) in [6, 6.07) is 0.165. The third kappa shape index (κ3) is 4.74. The number of hydrogen-bond acceptors (Lipinski definition) is 3. The zero-order chi connectivity index (χ0) is 14.6. The Kier molecular flexibility index (Phi) is 5.44. The van der Waals surface area contributed by atoms with Crippen LogP contribution in [0.1, 0.15) is 58.8 Å². The van der Waals surface area contributed by atoms with E-state index in [1.807, 2.05) is 0 Å². The molecule has 1 saturated carbocycles. The first kappa shape index (κ1) is 15.8. The Labute approximate surface area is 122 Å². The molecule has 1 aliphatic heterocycles. The van der Waals surface area contributed by atoms with Crippen LogP contribution in [0.4, 0.5) is 0 Å². The van der Waals surface area contributed by atoms with Crippen LogP contribution < -0.4 is 5.32 Å². The van der Waals surface area contributed by atoms with Crippen LogP contribution >= 0.6 is 0 Å². The summed E-state index contributed by atoms with van der Waals surface area (Å²) < 4.78 is 0. The summed E-state index contributed by atoms with van der Waals surface area (Å²) in [7, 11) is 0. The van der Waals surface area contributed by atoms with Crippen molar-refractivity contribution in [3.8, 4) is 0 Å². The quantitative estimate of drug-likeness (QED) is 0.810. The lowest BCUT2D eigenvalue weighted by atomic mass is 9.97. The minimum atomic E-state index is -0.733. The topological polar surface area (TPSA) is 52.6 Å². The average Bonchev–Trinajstić information content (AvgIpc) is 2.74. The van der Waals surface area contributed by atoms with Crippen LogP contribution in [-0.4, -0.2) is 47.2 Å². The maximum absolute atomic E-state index is 12.0. The number of rotatable bonds is 5. The van der Waals surface area contributed by atoms with Gasteiger partial charge in [0, 0.05) is 19.1 Å². The Balaban J connectivity index is 1.70. The van der Waals surface area contributed by atoms with Crippen molar-refractivity contribution in [1.29, 1.82) is 0 Å². The van der Waals surface area contributed by atoms with Crippen LogP contribution in [0, 0.1) is 5.92 Å². The summed E-state index contributed by atoms with van der Waals surface area (Å²) in [5, 5.41) is 13.3. The van der Waals surface area contributed by atoms with Gasteiger partial charge in [0.1, 0.15) is 0 Å². The van der Waals surface area contributed by atoms with Gasteiger partial charge >= 0.3 is 0 Å². The highest BCUT2D eigenvalue weighted by Crippen LogP contribution is 2.32. The minimum absolute atomic E-state index is 0.00644. The van der Waals surface area contributed by atoms with E-state index >= 15 is 0 Å². The van der Waals surface area contributed by atoms with E-state index in [1.54, 1.807) is 0 Å². The molecule has 2 N–H and O–H groups in total. The Morgan fingerprint density at radius 1 is 1.40 bits per heavy atom. The van der Waals surface area contributed by atoms with Crippen molar-refractivity contribution in [3.05, 3.63) is 0 Å². The van der Waals surface area contributed by atoms with Crippen molar-refractivity contribution in [2.75, 3.05) is 19.6 Å². The molecule has 2 unspecified atom stereocenters. The molecule has 2 aliphatic rings. The zero-order valence-corrected chi connectivity index (χ0v) is 13.0. The number of carbonyl (C=O) groups is 1. The fourth-order valence-corrected chi connectivity index (χ4v) is 3.72. The number of aliphatic hydroxyl groups is 1. The molecule has 2 fully saturated rings. The van der Waals surface area contributed by atoms with E-state index in [4.69, 9.17) is 0 Å². The van der Waals surface area contributed by atoms with Crippen molar-refractivity contribution in [3.63, 3.8) is 0 Å². The van der Waals surface area contributed by atoms with Crippen LogP contribution in [0.3, 0.4) is 0 Å². The average molecular weight is 282 g/mol. The number of carbonyl (C=O) groups excluding carboxylic acids is 1. The molecular formula is C16H30N2O2. The highest BCUT2D eigenvalue weighted by Gasteiger charge is 2.33. The number of piperidine rings is 1. The molecule has 1 saturated heterocycles. The van der Waals surface area contributed by atoms with Gasteiger partial charge in [-0.05, 0) is 45.1 Å². The Morgan fingerprint density at radius 2 is 2.10 bits per heavy atom. The molecule has 0 bridgehead atoms. The van der Waals surface area contributed by atoms with Gasteiger partial charge < -0.3 is 15.3 Å². The normalized spacial score (nSPS) is 28.2. The predicted molar refractivity (Wildman–Crippen MR) is 80.5 cm³/mol. The van der Waals surface area contributed by atoms with Crippen LogP contribution in [-0.2, 0) is 4.79 Å². The molecule has 4 heteroatoms. The second-order valence-corrected chi connectivity index (χ2v) is 7.08. The van der Waals surface area contributed by atoms with E-state index in [2.05, 4.69) is 24.1 Å². The number of likely N-dealkylation sites (tertiary alicyclic amines) is 1. The van der Waals surface area contributed by atoms with Gasteiger partial charge in [-0.3, -0.25) is 4.79 Å². The first-order valence-electron chi connectivity index (χ1n) is 8.21. The maximum Gasteiger partial charge on any atom is 0.223 e. The number of nitrogens with one attached hydrogen (secondary N) is 1. The van der Waals surface area contributed by atoms with E-state index in [0.29, 0.717) is 0 Å². The third-order valence-corrected chi connectivity index (χ3v) is 4.70. The van der Waals surface area contributed by atoms with Crippen molar-refractivity contribution in [2.24, 2.45) is 5.92 Å². The van der Waals surface area contributed by atoms with Crippen LogP contribution in [0.2, 0.25) is 0 Å². The van der Waals surface area contributed by atoms with Crippen LogP contribution in [0.25, 0.3) is 0 Å². The highest BCUT2D eigenvalue weighted by molar-refractivity contribution is 5.77. The fourth-order valence-electron chi connectivity index (χ4n) is 3.72. The van der Waals surface area contributed by atoms with Gasteiger partial charge in [-0.2, -0.15) is 0 Å². The monoisotopic (exact) mass is 282 g/mol. The first-order chi connectivity index (χ1) is 9.47. The van der Waals surface area contributed by atoms with Gasteiger partial charge in [0.25, 0.3) is 0 Å². The zero-order valence-electron chi connectivity index (χ0n) is 13.0. The summed E-state index contributed by atoms with van der Waals surface area (Å²) in [6.45, 7) is 7.58. The van der Waals surface area contributed by atoms with Gasteiger partial charge in [0.15, 0.2) is 0 Å². The van der Waals surface area contributed by atoms with Crippen molar-refractivity contribution < 1.29 is 9.90 Å². The lowest BCUT2D eigenvalue weighted by Crippen LogP contribution is -2.46. The summed E-state index contributed by atoms with van der Waals surface area (Å²) in [5.41, 5.74) is -0.733. The summed E-state index contributed by atoms with van der Waals surface area (Å²) in [5.74, 6) is 0.776. The SMILES string of the molecule is CC1CCCN(CC(C)NC(=O)CC2(O)CCCC2)C1.